The minimum Gasteiger partial charge on any atom is -0.431 e. The van der Waals surface area contributed by atoms with Crippen molar-refractivity contribution in [2.45, 2.75) is 5.22 Å². The van der Waals surface area contributed by atoms with Gasteiger partial charge in [-0.15, -0.1) is 0 Å². The summed E-state index contributed by atoms with van der Waals surface area (Å²) in [6.45, 7) is 0. The molecule has 0 N–H and O–H groups in total. The Bertz CT molecular complexity index is 704. The summed E-state index contributed by atoms with van der Waals surface area (Å²) in [5.41, 5.74) is 1.75. The van der Waals surface area contributed by atoms with Crippen molar-refractivity contribution < 1.29 is 13.6 Å². The van der Waals surface area contributed by atoms with Gasteiger partial charge >= 0.3 is 0 Å². The van der Waals surface area contributed by atoms with Gasteiger partial charge in [-0.25, -0.2) is 9.37 Å². The van der Waals surface area contributed by atoms with E-state index in [0.29, 0.717) is 16.7 Å². The number of thioether (sulfide) groups is 1. The van der Waals surface area contributed by atoms with E-state index in [1.807, 2.05) is 18.2 Å². The summed E-state index contributed by atoms with van der Waals surface area (Å²) >= 11 is 0.889. The van der Waals surface area contributed by atoms with Crippen molar-refractivity contribution in [3.05, 3.63) is 59.9 Å². The monoisotopic (exact) mass is 273 g/mol. The maximum atomic E-state index is 12.8. The molecule has 0 unspecified atom stereocenters. The quantitative estimate of drug-likeness (QED) is 0.664. The van der Waals surface area contributed by atoms with Gasteiger partial charge in [0.05, 0.1) is 0 Å². The Balaban J connectivity index is 1.84. The first-order valence-corrected chi connectivity index (χ1v) is 6.37. The maximum absolute atomic E-state index is 12.8. The zero-order valence-electron chi connectivity index (χ0n) is 9.67. The Labute approximate surface area is 112 Å². The van der Waals surface area contributed by atoms with Gasteiger partial charge in [0.2, 0.25) is 5.12 Å². The second kappa shape index (κ2) is 4.85. The summed E-state index contributed by atoms with van der Waals surface area (Å²) in [7, 11) is 0. The van der Waals surface area contributed by atoms with Crippen LogP contribution in [0.4, 0.5) is 4.39 Å². The van der Waals surface area contributed by atoms with E-state index < -0.39 is 0 Å². The molecule has 0 bridgehead atoms. The van der Waals surface area contributed by atoms with E-state index >= 15 is 0 Å². The highest BCUT2D eigenvalue weighted by Gasteiger charge is 2.13. The second-order valence-electron chi connectivity index (χ2n) is 3.84. The molecule has 0 saturated heterocycles. The Morgan fingerprint density at radius 3 is 2.58 bits per heavy atom. The predicted molar refractivity (Wildman–Crippen MR) is 70.6 cm³/mol. The van der Waals surface area contributed by atoms with E-state index in [2.05, 4.69) is 4.98 Å². The highest BCUT2D eigenvalue weighted by atomic mass is 32.2. The van der Waals surface area contributed by atoms with Crippen molar-refractivity contribution >= 4 is 28.0 Å². The summed E-state index contributed by atoms with van der Waals surface area (Å²) in [4.78, 5) is 16.1. The van der Waals surface area contributed by atoms with E-state index in [-0.39, 0.29) is 16.2 Å². The number of aromatic nitrogens is 1. The smallest absolute Gasteiger partial charge is 0.264 e. The fraction of sp³-hybridized carbons (Fsp3) is 0. The first-order valence-electron chi connectivity index (χ1n) is 5.56. The lowest BCUT2D eigenvalue weighted by Crippen LogP contribution is -1.93. The van der Waals surface area contributed by atoms with Gasteiger partial charge in [-0.1, -0.05) is 12.1 Å². The van der Waals surface area contributed by atoms with E-state index in [1.165, 1.54) is 24.3 Å². The highest BCUT2D eigenvalue weighted by Crippen LogP contribution is 2.26. The van der Waals surface area contributed by atoms with Crippen LogP contribution in [0.1, 0.15) is 10.4 Å². The van der Waals surface area contributed by atoms with Gasteiger partial charge in [-0.05, 0) is 36.4 Å². The fourth-order valence-corrected chi connectivity index (χ4v) is 2.31. The predicted octanol–water partition coefficient (Wildman–Crippen LogP) is 3.90. The van der Waals surface area contributed by atoms with Crippen LogP contribution in [0.2, 0.25) is 0 Å². The number of oxazole rings is 1. The van der Waals surface area contributed by atoms with E-state index in [4.69, 9.17) is 4.42 Å². The number of para-hydroxylation sites is 2. The molecule has 0 amide bonds. The number of carbonyl (C=O) groups excluding carboxylic acids is 1. The third kappa shape index (κ3) is 2.51. The molecule has 1 aromatic heterocycles. The minimum absolute atomic E-state index is 0.230. The van der Waals surface area contributed by atoms with E-state index in [9.17, 15) is 9.18 Å². The van der Waals surface area contributed by atoms with Gasteiger partial charge < -0.3 is 4.42 Å². The first kappa shape index (κ1) is 11.9. The maximum Gasteiger partial charge on any atom is 0.264 e. The fourth-order valence-electron chi connectivity index (χ4n) is 1.62. The normalized spacial score (nSPS) is 10.8. The number of nitrogens with zero attached hydrogens (tertiary/aromatic N) is 1. The van der Waals surface area contributed by atoms with Crippen LogP contribution in [0.3, 0.4) is 0 Å². The van der Waals surface area contributed by atoms with Crippen LogP contribution in [-0.4, -0.2) is 10.1 Å². The number of hydrogen-bond donors (Lipinski definition) is 0. The summed E-state index contributed by atoms with van der Waals surface area (Å²) in [6.07, 6.45) is 0. The van der Waals surface area contributed by atoms with Gasteiger partial charge in [0.25, 0.3) is 5.22 Å². The Morgan fingerprint density at radius 2 is 1.84 bits per heavy atom. The molecule has 0 saturated carbocycles. The molecule has 0 radical (unpaired) electrons. The lowest BCUT2D eigenvalue weighted by molar-refractivity contribution is 0.108. The van der Waals surface area contributed by atoms with Gasteiger partial charge in [0.1, 0.15) is 11.3 Å². The van der Waals surface area contributed by atoms with Crippen LogP contribution < -0.4 is 0 Å². The topological polar surface area (TPSA) is 43.1 Å². The first-order chi connectivity index (χ1) is 9.22. The van der Waals surface area contributed by atoms with E-state index in [1.54, 1.807) is 6.07 Å². The highest BCUT2D eigenvalue weighted by molar-refractivity contribution is 8.14. The molecule has 19 heavy (non-hydrogen) atoms. The van der Waals surface area contributed by atoms with Gasteiger partial charge in [0, 0.05) is 17.3 Å². The van der Waals surface area contributed by atoms with E-state index in [0.717, 1.165) is 11.8 Å². The summed E-state index contributed by atoms with van der Waals surface area (Å²) in [5.74, 6) is -0.372. The molecule has 3 nitrogen and oxygen atoms in total. The number of benzene rings is 2. The second-order valence-corrected chi connectivity index (χ2v) is 4.77. The molecule has 2 aromatic carbocycles. The van der Waals surface area contributed by atoms with Crippen molar-refractivity contribution in [1.82, 2.24) is 4.98 Å². The van der Waals surface area contributed by atoms with Crippen molar-refractivity contribution in [1.29, 1.82) is 0 Å². The molecule has 0 aliphatic heterocycles. The van der Waals surface area contributed by atoms with Gasteiger partial charge in [0.15, 0.2) is 5.58 Å². The molecule has 1 heterocycles. The Morgan fingerprint density at radius 1 is 1.11 bits per heavy atom. The number of fused-ring (bicyclic) bond motifs is 1. The van der Waals surface area contributed by atoms with Crippen LogP contribution in [0, 0.1) is 5.82 Å². The molecule has 0 aliphatic rings. The van der Waals surface area contributed by atoms with Crippen molar-refractivity contribution in [3.63, 3.8) is 0 Å². The summed E-state index contributed by atoms with van der Waals surface area (Å²) < 4.78 is 18.2. The van der Waals surface area contributed by atoms with Crippen molar-refractivity contribution in [3.8, 4) is 0 Å². The molecular formula is C14H8FNO2S. The van der Waals surface area contributed by atoms with Crippen LogP contribution >= 0.6 is 11.8 Å². The van der Waals surface area contributed by atoms with Crippen molar-refractivity contribution in [2.75, 3.05) is 0 Å². The number of hydrogen-bond acceptors (Lipinski definition) is 4. The summed E-state index contributed by atoms with van der Waals surface area (Å²) in [6, 6.07) is 12.7. The largest absolute Gasteiger partial charge is 0.431 e. The van der Waals surface area contributed by atoms with Gasteiger partial charge in [-0.2, -0.15) is 0 Å². The molecule has 94 valence electrons. The molecule has 0 fully saturated rings. The Hall–Kier alpha value is -2.14. The third-order valence-corrected chi connectivity index (χ3v) is 3.30. The standard InChI is InChI=1S/C14H8FNO2S/c15-10-7-5-9(6-8-10)13(17)19-14-16-11-3-1-2-4-12(11)18-14/h1-8H. The average molecular weight is 273 g/mol. The minimum atomic E-state index is -0.372. The zero-order valence-corrected chi connectivity index (χ0v) is 10.5. The van der Waals surface area contributed by atoms with Gasteiger partial charge in [-0.3, -0.25) is 4.79 Å². The third-order valence-electron chi connectivity index (χ3n) is 2.53. The van der Waals surface area contributed by atoms with Crippen LogP contribution in [0.25, 0.3) is 11.1 Å². The molecule has 0 aliphatic carbocycles. The lowest BCUT2D eigenvalue weighted by Gasteiger charge is -1.96. The van der Waals surface area contributed by atoms with Crippen LogP contribution in [-0.2, 0) is 0 Å². The number of carbonyl (C=O) groups is 1. The average Bonchev–Trinajstić information content (AvgIpc) is 2.81. The molecular weight excluding hydrogens is 265 g/mol. The number of rotatable bonds is 2. The summed E-state index contributed by atoms with van der Waals surface area (Å²) in [5, 5.41) is 0.0575. The van der Waals surface area contributed by atoms with Crippen LogP contribution in [0.5, 0.6) is 0 Å². The molecule has 0 spiro atoms. The molecule has 3 aromatic rings. The zero-order chi connectivity index (χ0) is 13.2. The molecule has 5 heteroatoms. The van der Waals surface area contributed by atoms with Crippen molar-refractivity contribution in [2.24, 2.45) is 0 Å². The Kier molecular flexibility index (Phi) is 3.05. The molecule has 0 atom stereocenters. The number of halogens is 1. The van der Waals surface area contributed by atoms with Crippen LogP contribution in [0.15, 0.2) is 58.2 Å². The lowest BCUT2D eigenvalue weighted by atomic mass is 10.2. The molecule has 3 rings (SSSR count). The SMILES string of the molecule is O=C(Sc1nc2ccccc2o1)c1ccc(F)cc1.